The van der Waals surface area contributed by atoms with Gasteiger partial charge in [-0.15, -0.1) is 10.2 Å². The van der Waals surface area contributed by atoms with Gasteiger partial charge >= 0.3 is 0 Å². The first kappa shape index (κ1) is 17.4. The van der Waals surface area contributed by atoms with Gasteiger partial charge in [-0.25, -0.2) is 0 Å². The Labute approximate surface area is 156 Å². The van der Waals surface area contributed by atoms with Gasteiger partial charge in [0.1, 0.15) is 0 Å². The van der Waals surface area contributed by atoms with Gasteiger partial charge < -0.3 is 14.1 Å². The summed E-state index contributed by atoms with van der Waals surface area (Å²) in [6.07, 6.45) is 0. The van der Waals surface area contributed by atoms with Gasteiger partial charge in [-0.05, 0) is 38.1 Å². The zero-order valence-corrected chi connectivity index (χ0v) is 15.5. The second kappa shape index (κ2) is 6.96. The fourth-order valence-electron chi connectivity index (χ4n) is 3.47. The van der Waals surface area contributed by atoms with Crippen molar-refractivity contribution in [3.05, 3.63) is 52.7 Å². The molecule has 1 saturated heterocycles. The van der Waals surface area contributed by atoms with E-state index in [4.69, 9.17) is 9.15 Å². The molecule has 140 valence electrons. The molecule has 1 aromatic carbocycles. The number of H-pyrrole nitrogens is 1. The van der Waals surface area contributed by atoms with E-state index in [1.807, 2.05) is 30.9 Å². The molecule has 1 unspecified atom stereocenters. The quantitative estimate of drug-likeness (QED) is 0.764. The van der Waals surface area contributed by atoms with Crippen LogP contribution in [-0.4, -0.2) is 51.0 Å². The van der Waals surface area contributed by atoms with Crippen LogP contribution in [0, 0.1) is 20.8 Å². The van der Waals surface area contributed by atoms with Gasteiger partial charge in [0.25, 0.3) is 5.91 Å². The molecule has 4 rings (SSSR count). The van der Waals surface area contributed by atoms with Gasteiger partial charge in [0.15, 0.2) is 0 Å². The maximum Gasteiger partial charge on any atom is 0.254 e. The number of benzene rings is 1. The van der Waals surface area contributed by atoms with Gasteiger partial charge in [0.05, 0.1) is 24.9 Å². The van der Waals surface area contributed by atoms with Crippen molar-refractivity contribution in [1.29, 1.82) is 0 Å². The van der Waals surface area contributed by atoms with E-state index < -0.39 is 0 Å². The van der Waals surface area contributed by atoms with E-state index in [-0.39, 0.29) is 11.9 Å². The molecule has 1 amide bonds. The number of hydrogen-bond acceptors (Lipinski definition) is 6. The minimum absolute atomic E-state index is 0.0310. The maximum atomic E-state index is 13.2. The fraction of sp³-hybridized carbons (Fsp3) is 0.368. The second-order valence-electron chi connectivity index (χ2n) is 6.64. The topological polar surface area (TPSA) is 97.1 Å². The molecule has 0 radical (unpaired) electrons. The van der Waals surface area contributed by atoms with E-state index in [0.29, 0.717) is 37.1 Å². The number of nitrogens with zero attached hydrogens (tertiary/aromatic N) is 4. The third-order valence-electron chi connectivity index (χ3n) is 4.81. The molecule has 0 bridgehead atoms. The molecule has 1 fully saturated rings. The van der Waals surface area contributed by atoms with Gasteiger partial charge in [0, 0.05) is 35.9 Å². The van der Waals surface area contributed by atoms with Crippen molar-refractivity contribution < 1.29 is 13.9 Å². The van der Waals surface area contributed by atoms with Crippen LogP contribution in [0.1, 0.15) is 39.2 Å². The summed E-state index contributed by atoms with van der Waals surface area (Å²) < 4.78 is 11.1. The van der Waals surface area contributed by atoms with Gasteiger partial charge in [-0.3, -0.25) is 9.89 Å². The van der Waals surface area contributed by atoms with E-state index >= 15 is 0 Å². The first-order valence-corrected chi connectivity index (χ1v) is 8.85. The summed E-state index contributed by atoms with van der Waals surface area (Å²) in [5.74, 6) is 0.920. The van der Waals surface area contributed by atoms with Crippen LogP contribution in [0.2, 0.25) is 0 Å². The van der Waals surface area contributed by atoms with Crippen LogP contribution < -0.4 is 0 Å². The molecular formula is C19H21N5O3. The number of rotatable bonds is 3. The van der Waals surface area contributed by atoms with E-state index in [1.165, 1.54) is 0 Å². The Hall–Kier alpha value is -3.00. The summed E-state index contributed by atoms with van der Waals surface area (Å²) in [7, 11) is 0. The SMILES string of the molecule is Cc1nnc(-c2ccc(C(=O)N3CCOCC3c3c(C)n[nH]c3C)cc2)o1. The van der Waals surface area contributed by atoms with Gasteiger partial charge in [-0.1, -0.05) is 0 Å². The average molecular weight is 367 g/mol. The molecule has 0 aliphatic carbocycles. The number of hydrogen-bond donors (Lipinski definition) is 1. The Kier molecular flexibility index (Phi) is 4.49. The molecule has 1 atom stereocenters. The van der Waals surface area contributed by atoms with Crippen LogP contribution in [0.4, 0.5) is 0 Å². The van der Waals surface area contributed by atoms with Crippen molar-refractivity contribution in [2.75, 3.05) is 19.8 Å². The molecular weight excluding hydrogens is 346 g/mol. The second-order valence-corrected chi connectivity index (χ2v) is 6.64. The Balaban J connectivity index is 1.60. The molecule has 1 aliphatic heterocycles. The predicted octanol–water partition coefficient (Wildman–Crippen LogP) is 2.60. The predicted molar refractivity (Wildman–Crippen MR) is 97.1 cm³/mol. The van der Waals surface area contributed by atoms with Gasteiger partial charge in [0.2, 0.25) is 11.8 Å². The average Bonchev–Trinajstić information content (AvgIpc) is 3.26. The largest absolute Gasteiger partial charge is 0.421 e. The maximum absolute atomic E-state index is 13.2. The lowest BCUT2D eigenvalue weighted by Crippen LogP contribution is -2.43. The fourth-order valence-corrected chi connectivity index (χ4v) is 3.47. The van der Waals surface area contributed by atoms with E-state index in [0.717, 1.165) is 22.5 Å². The molecule has 1 N–H and O–H groups in total. The van der Waals surface area contributed by atoms with Crippen LogP contribution in [0.25, 0.3) is 11.5 Å². The number of morpholine rings is 1. The lowest BCUT2D eigenvalue weighted by atomic mass is 10.0. The Morgan fingerprint density at radius 3 is 2.59 bits per heavy atom. The minimum atomic E-state index is -0.150. The highest BCUT2D eigenvalue weighted by molar-refractivity contribution is 5.95. The van der Waals surface area contributed by atoms with Crippen molar-refractivity contribution in [3.63, 3.8) is 0 Å². The molecule has 3 heterocycles. The normalized spacial score (nSPS) is 17.3. The third kappa shape index (κ3) is 3.23. The number of aromatic amines is 1. The number of aromatic nitrogens is 4. The highest BCUT2D eigenvalue weighted by atomic mass is 16.5. The van der Waals surface area contributed by atoms with E-state index in [2.05, 4.69) is 20.4 Å². The number of aryl methyl sites for hydroxylation is 3. The molecule has 8 heteroatoms. The molecule has 2 aromatic heterocycles. The first-order chi connectivity index (χ1) is 13.0. The number of carbonyl (C=O) groups is 1. The Bertz CT molecular complexity index is 941. The molecule has 3 aromatic rings. The zero-order chi connectivity index (χ0) is 19.0. The lowest BCUT2D eigenvalue weighted by Gasteiger charge is -2.36. The van der Waals surface area contributed by atoms with Crippen LogP contribution >= 0.6 is 0 Å². The molecule has 1 aliphatic rings. The van der Waals surface area contributed by atoms with Crippen molar-refractivity contribution in [3.8, 4) is 11.5 Å². The third-order valence-corrected chi connectivity index (χ3v) is 4.81. The minimum Gasteiger partial charge on any atom is -0.421 e. The standard InChI is InChI=1S/C19H21N5O3/c1-11-17(12(2)21-20-11)16-10-26-9-8-24(16)19(25)15-6-4-14(5-7-15)18-23-22-13(3)27-18/h4-7,16H,8-10H2,1-3H3,(H,20,21). The highest BCUT2D eigenvalue weighted by Gasteiger charge is 2.32. The van der Waals surface area contributed by atoms with Crippen LogP contribution in [0.3, 0.4) is 0 Å². The first-order valence-electron chi connectivity index (χ1n) is 8.85. The van der Waals surface area contributed by atoms with E-state index in [9.17, 15) is 4.79 Å². The van der Waals surface area contributed by atoms with Crippen LogP contribution in [0.15, 0.2) is 28.7 Å². The monoisotopic (exact) mass is 367 g/mol. The Morgan fingerprint density at radius 2 is 1.96 bits per heavy atom. The molecule has 0 spiro atoms. The number of carbonyl (C=O) groups excluding carboxylic acids is 1. The highest BCUT2D eigenvalue weighted by Crippen LogP contribution is 2.30. The summed E-state index contributed by atoms with van der Waals surface area (Å²) in [4.78, 5) is 15.0. The summed E-state index contributed by atoms with van der Waals surface area (Å²) >= 11 is 0. The smallest absolute Gasteiger partial charge is 0.254 e. The van der Waals surface area contributed by atoms with Crippen molar-refractivity contribution in [1.82, 2.24) is 25.3 Å². The Morgan fingerprint density at radius 1 is 1.19 bits per heavy atom. The van der Waals surface area contributed by atoms with Crippen LogP contribution in [-0.2, 0) is 4.74 Å². The molecule has 0 saturated carbocycles. The summed E-state index contributed by atoms with van der Waals surface area (Å²) in [6.45, 7) is 7.18. The van der Waals surface area contributed by atoms with Gasteiger partial charge in [-0.2, -0.15) is 5.10 Å². The number of amides is 1. The van der Waals surface area contributed by atoms with Crippen molar-refractivity contribution in [2.24, 2.45) is 0 Å². The van der Waals surface area contributed by atoms with E-state index in [1.54, 1.807) is 19.1 Å². The lowest BCUT2D eigenvalue weighted by molar-refractivity contribution is -0.00301. The zero-order valence-electron chi connectivity index (χ0n) is 15.5. The molecule has 8 nitrogen and oxygen atoms in total. The number of nitrogens with one attached hydrogen (secondary N) is 1. The molecule has 27 heavy (non-hydrogen) atoms. The van der Waals surface area contributed by atoms with Crippen molar-refractivity contribution >= 4 is 5.91 Å². The summed E-state index contributed by atoms with van der Waals surface area (Å²) in [5, 5.41) is 15.1. The summed E-state index contributed by atoms with van der Waals surface area (Å²) in [6, 6.07) is 7.08. The van der Waals surface area contributed by atoms with Crippen molar-refractivity contribution in [2.45, 2.75) is 26.8 Å². The number of ether oxygens (including phenoxy) is 1. The van der Waals surface area contributed by atoms with Crippen LogP contribution in [0.5, 0.6) is 0 Å². The summed E-state index contributed by atoms with van der Waals surface area (Å²) in [5.41, 5.74) is 4.28.